The molecule has 19 heavy (non-hydrogen) atoms. The van der Waals surface area contributed by atoms with Gasteiger partial charge in [0.05, 0.1) is 12.5 Å². The zero-order chi connectivity index (χ0) is 14.5. The molecule has 0 N–H and O–H groups in total. The van der Waals surface area contributed by atoms with Crippen molar-refractivity contribution in [1.82, 2.24) is 0 Å². The van der Waals surface area contributed by atoms with Crippen molar-refractivity contribution in [3.8, 4) is 6.07 Å². The second-order valence-corrected chi connectivity index (χ2v) is 5.38. The van der Waals surface area contributed by atoms with Gasteiger partial charge in [-0.25, -0.2) is 4.79 Å². The third-order valence-corrected chi connectivity index (χ3v) is 2.37. The van der Waals surface area contributed by atoms with E-state index >= 15 is 0 Å². The standard InChI is InChI=1S/C15H20N2O2/c1-12-7-5-8-13(11-12)17(10-6-9-16)14(18)19-15(2,3)4/h5,7-8,11H,6,10H2,1-4H3. The lowest BCUT2D eigenvalue weighted by Crippen LogP contribution is -2.37. The second kappa shape index (κ2) is 6.24. The number of carbonyl (C=O) groups excluding carboxylic acids is 1. The molecule has 0 unspecified atom stereocenters. The van der Waals surface area contributed by atoms with Crippen LogP contribution in [0.2, 0.25) is 0 Å². The second-order valence-electron chi connectivity index (χ2n) is 5.38. The van der Waals surface area contributed by atoms with Crippen LogP contribution in [0, 0.1) is 18.3 Å². The molecule has 0 radical (unpaired) electrons. The Morgan fingerprint density at radius 2 is 2.11 bits per heavy atom. The summed E-state index contributed by atoms with van der Waals surface area (Å²) >= 11 is 0. The molecule has 0 heterocycles. The minimum atomic E-state index is -0.550. The largest absolute Gasteiger partial charge is 0.443 e. The van der Waals surface area contributed by atoms with Gasteiger partial charge in [0.2, 0.25) is 0 Å². The molecule has 1 rings (SSSR count). The van der Waals surface area contributed by atoms with Crippen LogP contribution >= 0.6 is 0 Å². The van der Waals surface area contributed by atoms with Crippen molar-refractivity contribution in [3.05, 3.63) is 29.8 Å². The summed E-state index contributed by atoms with van der Waals surface area (Å²) < 4.78 is 5.37. The van der Waals surface area contributed by atoms with Gasteiger partial charge in [-0.05, 0) is 45.4 Å². The van der Waals surface area contributed by atoms with Gasteiger partial charge in [-0.2, -0.15) is 5.26 Å². The Hall–Kier alpha value is -2.02. The van der Waals surface area contributed by atoms with Gasteiger partial charge < -0.3 is 4.74 Å². The number of amides is 1. The summed E-state index contributed by atoms with van der Waals surface area (Å²) in [7, 11) is 0. The monoisotopic (exact) mass is 260 g/mol. The summed E-state index contributed by atoms with van der Waals surface area (Å²) in [6.45, 7) is 7.76. The molecule has 1 aromatic carbocycles. The number of benzene rings is 1. The molecular formula is C15H20N2O2. The minimum Gasteiger partial charge on any atom is -0.443 e. The molecule has 0 bridgehead atoms. The van der Waals surface area contributed by atoms with E-state index in [1.54, 1.807) is 0 Å². The van der Waals surface area contributed by atoms with Crippen molar-refractivity contribution in [2.24, 2.45) is 0 Å². The fraction of sp³-hybridized carbons (Fsp3) is 0.467. The van der Waals surface area contributed by atoms with E-state index in [1.165, 1.54) is 4.90 Å². The van der Waals surface area contributed by atoms with Crippen molar-refractivity contribution in [2.75, 3.05) is 11.4 Å². The summed E-state index contributed by atoms with van der Waals surface area (Å²) in [6, 6.07) is 9.64. The summed E-state index contributed by atoms with van der Waals surface area (Å²) in [5.41, 5.74) is 1.26. The van der Waals surface area contributed by atoms with Crippen LogP contribution in [0.5, 0.6) is 0 Å². The minimum absolute atomic E-state index is 0.271. The Balaban J connectivity index is 2.95. The fourth-order valence-corrected chi connectivity index (χ4v) is 1.60. The Morgan fingerprint density at radius 1 is 1.42 bits per heavy atom. The number of nitrogens with zero attached hydrogens (tertiary/aromatic N) is 2. The van der Waals surface area contributed by atoms with Crippen LogP contribution in [-0.4, -0.2) is 18.2 Å². The van der Waals surface area contributed by atoms with Crippen molar-refractivity contribution < 1.29 is 9.53 Å². The SMILES string of the molecule is Cc1cccc(N(CCC#N)C(=O)OC(C)(C)C)c1. The smallest absolute Gasteiger partial charge is 0.414 e. The molecule has 0 aliphatic carbocycles. The molecule has 1 amide bonds. The molecule has 0 aliphatic heterocycles. The Kier molecular flexibility index (Phi) is 4.94. The van der Waals surface area contributed by atoms with Crippen molar-refractivity contribution in [2.45, 2.75) is 39.7 Å². The number of ether oxygens (including phenoxy) is 1. The highest BCUT2D eigenvalue weighted by molar-refractivity contribution is 5.88. The van der Waals surface area contributed by atoms with E-state index in [4.69, 9.17) is 10.00 Å². The Labute approximate surface area is 114 Å². The van der Waals surface area contributed by atoms with Gasteiger partial charge in [0.15, 0.2) is 0 Å². The molecule has 0 saturated carbocycles. The summed E-state index contributed by atoms with van der Waals surface area (Å²) in [5.74, 6) is 0. The number of hydrogen-bond donors (Lipinski definition) is 0. The molecule has 4 heteroatoms. The molecule has 0 fully saturated rings. The predicted octanol–water partition coefficient (Wildman–Crippen LogP) is 3.65. The number of nitriles is 1. The van der Waals surface area contributed by atoms with E-state index in [0.29, 0.717) is 6.54 Å². The van der Waals surface area contributed by atoms with E-state index in [2.05, 4.69) is 6.07 Å². The van der Waals surface area contributed by atoms with Crippen LogP contribution in [0.4, 0.5) is 10.5 Å². The van der Waals surface area contributed by atoms with Crippen LogP contribution in [-0.2, 0) is 4.74 Å². The molecule has 0 aromatic heterocycles. The highest BCUT2D eigenvalue weighted by atomic mass is 16.6. The Bertz CT molecular complexity index is 484. The van der Waals surface area contributed by atoms with Gasteiger partial charge in [-0.1, -0.05) is 12.1 Å². The first kappa shape index (κ1) is 15.0. The first-order valence-electron chi connectivity index (χ1n) is 6.27. The number of hydrogen-bond acceptors (Lipinski definition) is 3. The van der Waals surface area contributed by atoms with Crippen LogP contribution in [0.25, 0.3) is 0 Å². The quantitative estimate of drug-likeness (QED) is 0.833. The maximum Gasteiger partial charge on any atom is 0.414 e. The van der Waals surface area contributed by atoms with E-state index in [9.17, 15) is 4.79 Å². The van der Waals surface area contributed by atoms with Crippen LogP contribution < -0.4 is 4.90 Å². The topological polar surface area (TPSA) is 53.3 Å². The third kappa shape index (κ3) is 5.01. The van der Waals surface area contributed by atoms with Gasteiger partial charge in [-0.3, -0.25) is 4.90 Å². The highest BCUT2D eigenvalue weighted by Gasteiger charge is 2.23. The molecule has 102 valence electrons. The van der Waals surface area contributed by atoms with Gasteiger partial charge in [0, 0.05) is 12.2 Å². The number of carbonyl (C=O) groups is 1. The lowest BCUT2D eigenvalue weighted by atomic mass is 10.2. The zero-order valence-corrected chi connectivity index (χ0v) is 11.9. The van der Waals surface area contributed by atoms with Crippen LogP contribution in [0.1, 0.15) is 32.8 Å². The molecular weight excluding hydrogens is 240 g/mol. The van der Waals surface area contributed by atoms with Gasteiger partial charge in [0.1, 0.15) is 5.60 Å². The maximum atomic E-state index is 12.2. The molecule has 0 spiro atoms. The van der Waals surface area contributed by atoms with E-state index < -0.39 is 11.7 Å². The lowest BCUT2D eigenvalue weighted by Gasteiger charge is -2.27. The summed E-state index contributed by atoms with van der Waals surface area (Å²) in [4.78, 5) is 13.7. The average molecular weight is 260 g/mol. The van der Waals surface area contributed by atoms with E-state index in [-0.39, 0.29) is 6.42 Å². The van der Waals surface area contributed by atoms with Gasteiger partial charge >= 0.3 is 6.09 Å². The average Bonchev–Trinajstić information content (AvgIpc) is 2.27. The number of aryl methyl sites for hydroxylation is 1. The van der Waals surface area contributed by atoms with Gasteiger partial charge in [-0.15, -0.1) is 0 Å². The van der Waals surface area contributed by atoms with Crippen molar-refractivity contribution in [1.29, 1.82) is 5.26 Å². The van der Waals surface area contributed by atoms with Crippen LogP contribution in [0.3, 0.4) is 0 Å². The molecule has 0 atom stereocenters. The van der Waals surface area contributed by atoms with E-state index in [0.717, 1.165) is 11.3 Å². The van der Waals surface area contributed by atoms with Crippen molar-refractivity contribution in [3.63, 3.8) is 0 Å². The summed E-state index contributed by atoms with van der Waals surface area (Å²) in [6.07, 6.45) is -0.152. The first-order valence-corrected chi connectivity index (χ1v) is 6.27. The Morgan fingerprint density at radius 3 is 2.63 bits per heavy atom. The van der Waals surface area contributed by atoms with Crippen LogP contribution in [0.15, 0.2) is 24.3 Å². The highest BCUT2D eigenvalue weighted by Crippen LogP contribution is 2.19. The predicted molar refractivity (Wildman–Crippen MR) is 75.0 cm³/mol. The third-order valence-electron chi connectivity index (χ3n) is 2.37. The number of rotatable bonds is 3. The first-order chi connectivity index (χ1) is 8.83. The number of anilines is 1. The zero-order valence-electron chi connectivity index (χ0n) is 11.9. The summed E-state index contributed by atoms with van der Waals surface area (Å²) in [5, 5.41) is 8.70. The molecule has 4 nitrogen and oxygen atoms in total. The van der Waals surface area contributed by atoms with Crippen molar-refractivity contribution >= 4 is 11.8 Å². The van der Waals surface area contributed by atoms with E-state index in [1.807, 2.05) is 52.0 Å². The fourth-order valence-electron chi connectivity index (χ4n) is 1.60. The molecule has 1 aromatic rings. The molecule has 0 aliphatic rings. The normalized spacial score (nSPS) is 10.7. The van der Waals surface area contributed by atoms with Gasteiger partial charge in [0.25, 0.3) is 0 Å². The maximum absolute atomic E-state index is 12.2. The lowest BCUT2D eigenvalue weighted by molar-refractivity contribution is 0.0581. The molecule has 0 saturated heterocycles.